The lowest BCUT2D eigenvalue weighted by atomic mass is 10.0. The van der Waals surface area contributed by atoms with Gasteiger partial charge in [-0.25, -0.2) is 4.79 Å². The Balaban J connectivity index is 1.36. The van der Waals surface area contributed by atoms with E-state index >= 15 is 0 Å². The molecule has 0 bridgehead atoms. The third-order valence-corrected chi connectivity index (χ3v) is 8.73. The molecule has 3 N–H and O–H groups in total. The molecule has 11 nitrogen and oxygen atoms in total. The molecule has 3 amide bonds. The highest BCUT2D eigenvalue weighted by atomic mass is 16.7. The summed E-state index contributed by atoms with van der Waals surface area (Å²) in [6.45, 7) is 8.29. The highest BCUT2D eigenvalue weighted by molar-refractivity contribution is 6.02. The number of aliphatic hydroxyl groups is 1. The van der Waals surface area contributed by atoms with Gasteiger partial charge in [0.25, 0.3) is 5.91 Å². The predicted molar refractivity (Wildman–Crippen MR) is 185 cm³/mol. The van der Waals surface area contributed by atoms with Crippen LogP contribution >= 0.6 is 0 Å². The average Bonchev–Trinajstić information content (AvgIpc) is 3.54. The lowest BCUT2D eigenvalue weighted by Gasteiger charge is -2.36. The van der Waals surface area contributed by atoms with Crippen molar-refractivity contribution in [2.24, 2.45) is 5.92 Å². The molecule has 0 radical (unpaired) electrons. The van der Waals surface area contributed by atoms with E-state index in [2.05, 4.69) is 41.6 Å². The van der Waals surface area contributed by atoms with Gasteiger partial charge in [-0.15, -0.1) is 0 Å². The summed E-state index contributed by atoms with van der Waals surface area (Å²) in [4.78, 5) is 31.3. The number of anilines is 2. The number of amides is 3. The van der Waals surface area contributed by atoms with E-state index in [9.17, 15) is 14.7 Å². The van der Waals surface area contributed by atoms with E-state index in [-0.39, 0.29) is 37.4 Å². The largest absolute Gasteiger partial charge is 0.490 e. The van der Waals surface area contributed by atoms with E-state index in [0.717, 1.165) is 25.8 Å². The number of aliphatic hydroxyl groups excluding tert-OH is 1. The molecule has 0 saturated carbocycles. The molecule has 11 heteroatoms. The zero-order valence-electron chi connectivity index (χ0n) is 28.3. The SMILES string of the molecule is C[C@H](CO)N1C[C@H](C)[C@H](CN(C)Cc2ccccc2)OCCCC[C@H](C)Oc2ccc(NC(=O)Nc3ccc4c(c3)OCO4)cc2C1=O. The van der Waals surface area contributed by atoms with E-state index in [4.69, 9.17) is 18.9 Å². The zero-order valence-corrected chi connectivity index (χ0v) is 28.3. The van der Waals surface area contributed by atoms with Gasteiger partial charge in [-0.2, -0.15) is 0 Å². The number of likely N-dealkylation sites (N-methyl/N-ethyl adjacent to an activating group) is 1. The third-order valence-electron chi connectivity index (χ3n) is 8.73. The minimum Gasteiger partial charge on any atom is -0.490 e. The summed E-state index contributed by atoms with van der Waals surface area (Å²) in [5.41, 5.74) is 2.49. The second-order valence-corrected chi connectivity index (χ2v) is 12.8. The Morgan fingerprint density at radius 1 is 0.979 bits per heavy atom. The van der Waals surface area contributed by atoms with Gasteiger partial charge < -0.3 is 39.6 Å². The molecule has 4 atom stereocenters. The fourth-order valence-corrected chi connectivity index (χ4v) is 6.00. The van der Waals surface area contributed by atoms with Gasteiger partial charge in [-0.05, 0) is 76.1 Å². The minimum atomic E-state index is -0.481. The fourth-order valence-electron chi connectivity index (χ4n) is 6.00. The number of benzene rings is 3. The number of nitrogens with zero attached hydrogens (tertiary/aromatic N) is 2. The predicted octanol–water partition coefficient (Wildman–Crippen LogP) is 5.99. The number of carbonyl (C=O) groups excluding carboxylic acids is 2. The topological polar surface area (TPSA) is 122 Å². The molecule has 0 aromatic heterocycles. The van der Waals surface area contributed by atoms with Crippen molar-refractivity contribution in [1.29, 1.82) is 0 Å². The van der Waals surface area contributed by atoms with Crippen molar-refractivity contribution >= 4 is 23.3 Å². The van der Waals surface area contributed by atoms with E-state index in [1.54, 1.807) is 41.3 Å². The lowest BCUT2D eigenvalue weighted by Crippen LogP contribution is -2.47. The third kappa shape index (κ3) is 9.40. The molecular weight excluding hydrogens is 612 g/mol. The number of ether oxygens (including phenoxy) is 4. The molecule has 5 rings (SSSR count). The second kappa shape index (κ2) is 16.7. The molecule has 2 heterocycles. The molecule has 48 heavy (non-hydrogen) atoms. The van der Waals surface area contributed by atoms with Crippen molar-refractivity contribution in [2.45, 2.75) is 64.8 Å². The van der Waals surface area contributed by atoms with Crippen LogP contribution in [0.1, 0.15) is 56.0 Å². The van der Waals surface area contributed by atoms with Crippen LogP contribution in [0.4, 0.5) is 16.2 Å². The van der Waals surface area contributed by atoms with Crippen molar-refractivity contribution < 1.29 is 33.6 Å². The summed E-state index contributed by atoms with van der Waals surface area (Å²) in [5.74, 6) is 1.27. The molecule has 0 spiro atoms. The van der Waals surface area contributed by atoms with E-state index in [1.807, 2.05) is 32.0 Å². The van der Waals surface area contributed by atoms with Crippen LogP contribution in [0.2, 0.25) is 0 Å². The molecular formula is C37H48N4O7. The smallest absolute Gasteiger partial charge is 0.323 e. The first kappa shape index (κ1) is 35.0. The average molecular weight is 661 g/mol. The van der Waals surface area contributed by atoms with Gasteiger partial charge in [0.2, 0.25) is 6.79 Å². The van der Waals surface area contributed by atoms with E-state index < -0.39 is 12.1 Å². The Morgan fingerprint density at radius 3 is 2.44 bits per heavy atom. The Bertz CT molecular complexity index is 1520. The van der Waals surface area contributed by atoms with Crippen molar-refractivity contribution in [3.63, 3.8) is 0 Å². The van der Waals surface area contributed by atoms with E-state index in [0.29, 0.717) is 53.9 Å². The van der Waals surface area contributed by atoms with Gasteiger partial charge in [-0.3, -0.25) is 9.69 Å². The molecule has 3 aromatic carbocycles. The summed E-state index contributed by atoms with van der Waals surface area (Å²) in [7, 11) is 2.08. The Hall–Kier alpha value is -4.32. The van der Waals surface area contributed by atoms with Gasteiger partial charge in [0.05, 0.1) is 30.4 Å². The van der Waals surface area contributed by atoms with Gasteiger partial charge in [0.15, 0.2) is 11.5 Å². The van der Waals surface area contributed by atoms with Crippen LogP contribution in [-0.4, -0.2) is 85.2 Å². The number of nitrogens with one attached hydrogen (secondary N) is 2. The van der Waals surface area contributed by atoms with Crippen molar-refractivity contribution in [1.82, 2.24) is 9.80 Å². The monoisotopic (exact) mass is 660 g/mol. The van der Waals surface area contributed by atoms with Crippen LogP contribution in [0.3, 0.4) is 0 Å². The van der Waals surface area contributed by atoms with Gasteiger partial charge in [0.1, 0.15) is 5.75 Å². The molecule has 0 saturated heterocycles. The number of hydrogen-bond acceptors (Lipinski definition) is 8. The summed E-state index contributed by atoms with van der Waals surface area (Å²) in [6, 6.07) is 19.6. The van der Waals surface area contributed by atoms with Gasteiger partial charge >= 0.3 is 6.03 Å². The molecule has 2 aliphatic heterocycles. The second-order valence-electron chi connectivity index (χ2n) is 12.8. The van der Waals surface area contributed by atoms with Crippen LogP contribution < -0.4 is 24.8 Å². The molecule has 2 aliphatic rings. The maximum atomic E-state index is 14.4. The minimum absolute atomic E-state index is 0.0406. The summed E-state index contributed by atoms with van der Waals surface area (Å²) in [6.07, 6.45) is 2.31. The van der Waals surface area contributed by atoms with Crippen molar-refractivity contribution in [3.05, 3.63) is 77.9 Å². The van der Waals surface area contributed by atoms with Gasteiger partial charge in [0, 0.05) is 49.6 Å². The molecule has 0 aliphatic carbocycles. The molecule has 3 aromatic rings. The van der Waals surface area contributed by atoms with Crippen LogP contribution in [0, 0.1) is 5.92 Å². The van der Waals surface area contributed by atoms with Crippen molar-refractivity contribution in [2.75, 3.05) is 50.8 Å². The first-order valence-electron chi connectivity index (χ1n) is 16.7. The summed E-state index contributed by atoms with van der Waals surface area (Å²) >= 11 is 0. The van der Waals surface area contributed by atoms with Crippen LogP contribution in [0.5, 0.6) is 17.2 Å². The number of fused-ring (bicyclic) bond motifs is 2. The lowest BCUT2D eigenvalue weighted by molar-refractivity contribution is -0.0177. The zero-order chi connectivity index (χ0) is 34.0. The maximum Gasteiger partial charge on any atom is 0.323 e. The molecule has 0 fully saturated rings. The number of urea groups is 1. The highest BCUT2D eigenvalue weighted by Gasteiger charge is 2.30. The maximum absolute atomic E-state index is 14.4. The Kier molecular flexibility index (Phi) is 12.2. The van der Waals surface area contributed by atoms with Gasteiger partial charge in [-0.1, -0.05) is 37.3 Å². The van der Waals surface area contributed by atoms with Crippen LogP contribution in [0.25, 0.3) is 0 Å². The standard InChI is InChI=1S/C37H48N4O7/c1-25-20-41(26(2)23-42)36(43)31-18-29(38-37(44)39-30-14-16-33-34(19-30)47-24-46-33)13-15-32(31)48-27(3)10-8-9-17-45-35(25)22-40(4)21-28-11-6-5-7-12-28/h5-7,11-16,18-19,25-27,35,42H,8-10,17,20-24H2,1-4H3,(H2,38,39,44)/t25-,26+,27-,35-/m0/s1. The summed E-state index contributed by atoms with van der Waals surface area (Å²) in [5, 5.41) is 15.9. The fraction of sp³-hybridized carbons (Fsp3) is 0.459. The van der Waals surface area contributed by atoms with E-state index in [1.165, 1.54) is 5.56 Å². The quantitative estimate of drug-likeness (QED) is 0.270. The van der Waals surface area contributed by atoms with Crippen molar-refractivity contribution in [3.8, 4) is 17.2 Å². The number of carbonyl (C=O) groups is 2. The highest BCUT2D eigenvalue weighted by Crippen LogP contribution is 2.34. The summed E-state index contributed by atoms with van der Waals surface area (Å²) < 4.78 is 23.6. The van der Waals surface area contributed by atoms with Crippen LogP contribution in [0.15, 0.2) is 66.7 Å². The Labute approximate surface area is 283 Å². The van der Waals surface area contributed by atoms with Crippen LogP contribution in [-0.2, 0) is 11.3 Å². The molecule has 258 valence electrons. The number of hydrogen-bond donors (Lipinski definition) is 3. The first-order valence-corrected chi connectivity index (χ1v) is 16.7. The normalized spacial score (nSPS) is 20.8. The first-order chi connectivity index (χ1) is 23.2. The molecule has 0 unspecified atom stereocenters. The number of rotatable bonds is 8. The Morgan fingerprint density at radius 2 is 1.69 bits per heavy atom.